The first kappa shape index (κ1) is 15.7. The minimum Gasteiger partial charge on any atom is -0.200 e. The van der Waals surface area contributed by atoms with Gasteiger partial charge >= 0.3 is 0 Å². The first-order valence-electron chi connectivity index (χ1n) is 7.83. The Morgan fingerprint density at radius 2 is 1.72 bits per heavy atom. The van der Waals surface area contributed by atoms with Crippen LogP contribution < -0.4 is 0 Å². The SMILES string of the molecule is Cc1cc(C)n(-c2nnc3nnc(SC(C)c4ccccc4)n3n2)n1. The van der Waals surface area contributed by atoms with E-state index in [4.69, 9.17) is 0 Å². The molecule has 9 heteroatoms. The van der Waals surface area contributed by atoms with Crippen LogP contribution in [0.1, 0.15) is 29.1 Å². The molecule has 0 fully saturated rings. The van der Waals surface area contributed by atoms with Gasteiger partial charge in [0.05, 0.1) is 5.69 Å². The van der Waals surface area contributed by atoms with Gasteiger partial charge in [-0.3, -0.25) is 0 Å². The van der Waals surface area contributed by atoms with E-state index in [1.807, 2.05) is 38.1 Å². The fourth-order valence-corrected chi connectivity index (χ4v) is 3.47. The van der Waals surface area contributed by atoms with Gasteiger partial charge in [-0.05, 0) is 32.4 Å². The van der Waals surface area contributed by atoms with Crippen molar-refractivity contribution in [2.45, 2.75) is 31.2 Å². The van der Waals surface area contributed by atoms with E-state index in [0.29, 0.717) is 16.9 Å². The fraction of sp³-hybridized carbons (Fsp3) is 0.250. The van der Waals surface area contributed by atoms with Gasteiger partial charge in [-0.1, -0.05) is 42.1 Å². The van der Waals surface area contributed by atoms with Crippen molar-refractivity contribution in [2.24, 2.45) is 0 Å². The molecule has 3 aromatic heterocycles. The van der Waals surface area contributed by atoms with Gasteiger partial charge in [-0.2, -0.15) is 9.61 Å². The summed E-state index contributed by atoms with van der Waals surface area (Å²) in [6.45, 7) is 6.00. The van der Waals surface area contributed by atoms with Gasteiger partial charge < -0.3 is 0 Å². The lowest BCUT2D eigenvalue weighted by Gasteiger charge is -2.09. The molecule has 0 saturated carbocycles. The third-order valence-corrected chi connectivity index (χ3v) is 4.86. The maximum absolute atomic E-state index is 4.52. The summed E-state index contributed by atoms with van der Waals surface area (Å²) in [4.78, 5) is 0. The summed E-state index contributed by atoms with van der Waals surface area (Å²) in [6.07, 6.45) is 0. The molecule has 126 valence electrons. The highest BCUT2D eigenvalue weighted by molar-refractivity contribution is 7.99. The van der Waals surface area contributed by atoms with Gasteiger partial charge in [-0.25, -0.2) is 4.68 Å². The lowest BCUT2D eigenvalue weighted by atomic mass is 10.2. The van der Waals surface area contributed by atoms with Crippen LogP contribution in [0.15, 0.2) is 41.6 Å². The highest BCUT2D eigenvalue weighted by Crippen LogP contribution is 2.33. The largest absolute Gasteiger partial charge is 0.291 e. The molecule has 0 radical (unpaired) electrons. The van der Waals surface area contributed by atoms with Crippen LogP contribution in [-0.4, -0.2) is 39.8 Å². The first-order valence-corrected chi connectivity index (χ1v) is 8.71. The standard InChI is InChI=1S/C16H16N8S/c1-10-9-11(2)23(21-10)15-19-17-14-18-20-16(24(14)22-15)25-12(3)13-7-5-4-6-8-13/h4-9,12H,1-3H3. The van der Waals surface area contributed by atoms with Crippen molar-refractivity contribution >= 4 is 17.5 Å². The molecule has 0 saturated heterocycles. The number of aromatic nitrogens is 8. The molecule has 0 spiro atoms. The monoisotopic (exact) mass is 352 g/mol. The Morgan fingerprint density at radius 3 is 2.44 bits per heavy atom. The third kappa shape index (κ3) is 2.98. The Balaban J connectivity index is 1.71. The fourth-order valence-electron chi connectivity index (χ4n) is 2.55. The van der Waals surface area contributed by atoms with E-state index >= 15 is 0 Å². The lowest BCUT2D eigenvalue weighted by molar-refractivity contribution is 0.676. The quantitative estimate of drug-likeness (QED) is 0.522. The topological polar surface area (TPSA) is 86.7 Å². The molecule has 1 aromatic carbocycles. The van der Waals surface area contributed by atoms with E-state index in [9.17, 15) is 0 Å². The maximum Gasteiger partial charge on any atom is 0.291 e. The number of hydrogen-bond acceptors (Lipinski definition) is 7. The zero-order valence-electron chi connectivity index (χ0n) is 14.0. The second kappa shape index (κ2) is 6.25. The molecule has 8 nitrogen and oxygen atoms in total. The summed E-state index contributed by atoms with van der Waals surface area (Å²) in [7, 11) is 0. The smallest absolute Gasteiger partial charge is 0.200 e. The number of benzene rings is 1. The predicted octanol–water partition coefficient (Wildman–Crippen LogP) is 2.57. The molecule has 0 bridgehead atoms. The van der Waals surface area contributed by atoms with Crippen molar-refractivity contribution in [3.05, 3.63) is 53.3 Å². The molecule has 25 heavy (non-hydrogen) atoms. The highest BCUT2D eigenvalue weighted by atomic mass is 32.2. The van der Waals surface area contributed by atoms with Crippen molar-refractivity contribution in [2.75, 3.05) is 0 Å². The molecule has 1 atom stereocenters. The number of hydrogen-bond donors (Lipinski definition) is 0. The Morgan fingerprint density at radius 1 is 0.960 bits per heavy atom. The second-order valence-electron chi connectivity index (χ2n) is 5.70. The van der Waals surface area contributed by atoms with Gasteiger partial charge in [0, 0.05) is 10.9 Å². The van der Waals surface area contributed by atoms with Crippen LogP contribution in [0.4, 0.5) is 0 Å². The number of nitrogens with zero attached hydrogens (tertiary/aromatic N) is 8. The second-order valence-corrected chi connectivity index (χ2v) is 7.01. The number of aryl methyl sites for hydroxylation is 2. The molecule has 4 aromatic rings. The van der Waals surface area contributed by atoms with Crippen molar-refractivity contribution in [3.63, 3.8) is 0 Å². The van der Waals surface area contributed by atoms with E-state index in [2.05, 4.69) is 49.6 Å². The summed E-state index contributed by atoms with van der Waals surface area (Å²) in [6, 6.07) is 12.2. The Bertz CT molecular complexity index is 1020. The summed E-state index contributed by atoms with van der Waals surface area (Å²) in [5.74, 6) is 0.764. The van der Waals surface area contributed by atoms with E-state index in [-0.39, 0.29) is 5.25 Å². The minimum absolute atomic E-state index is 0.209. The van der Waals surface area contributed by atoms with Crippen LogP contribution in [0.5, 0.6) is 0 Å². The number of rotatable bonds is 4. The highest BCUT2D eigenvalue weighted by Gasteiger charge is 2.16. The van der Waals surface area contributed by atoms with Crippen LogP contribution in [0.3, 0.4) is 0 Å². The average Bonchev–Trinajstić information content (AvgIpc) is 3.18. The van der Waals surface area contributed by atoms with Crippen molar-refractivity contribution in [1.82, 2.24) is 39.8 Å². The maximum atomic E-state index is 4.52. The van der Waals surface area contributed by atoms with E-state index in [0.717, 1.165) is 11.4 Å². The van der Waals surface area contributed by atoms with Crippen LogP contribution in [0.25, 0.3) is 11.7 Å². The van der Waals surface area contributed by atoms with E-state index in [1.54, 1.807) is 21.0 Å². The van der Waals surface area contributed by atoms with Gasteiger partial charge in [0.25, 0.3) is 11.7 Å². The van der Waals surface area contributed by atoms with Crippen molar-refractivity contribution < 1.29 is 0 Å². The Hall–Kier alpha value is -2.81. The van der Waals surface area contributed by atoms with Crippen LogP contribution in [-0.2, 0) is 0 Å². The van der Waals surface area contributed by atoms with E-state index in [1.165, 1.54) is 5.56 Å². The zero-order valence-corrected chi connectivity index (χ0v) is 14.8. The van der Waals surface area contributed by atoms with Gasteiger partial charge in [0.15, 0.2) is 0 Å². The average molecular weight is 352 g/mol. The molecular weight excluding hydrogens is 336 g/mol. The molecule has 1 unspecified atom stereocenters. The summed E-state index contributed by atoms with van der Waals surface area (Å²) < 4.78 is 3.28. The molecule has 0 aliphatic heterocycles. The van der Waals surface area contributed by atoms with Gasteiger partial charge in [0.1, 0.15) is 0 Å². The van der Waals surface area contributed by atoms with Crippen LogP contribution in [0, 0.1) is 13.8 Å². The summed E-state index contributed by atoms with van der Waals surface area (Å²) in [5, 5.41) is 26.3. The number of thioether (sulfide) groups is 1. The Kier molecular flexibility index (Phi) is 3.92. The molecule has 0 N–H and O–H groups in total. The van der Waals surface area contributed by atoms with Gasteiger partial charge in [0.2, 0.25) is 5.16 Å². The molecule has 3 heterocycles. The molecule has 0 aliphatic rings. The summed E-state index contributed by atoms with van der Waals surface area (Å²) >= 11 is 1.58. The normalized spacial score (nSPS) is 12.6. The van der Waals surface area contributed by atoms with Crippen LogP contribution >= 0.6 is 11.8 Å². The third-order valence-electron chi connectivity index (χ3n) is 3.76. The van der Waals surface area contributed by atoms with Gasteiger partial charge in [-0.15, -0.1) is 25.5 Å². The molecule has 0 aliphatic carbocycles. The van der Waals surface area contributed by atoms with Crippen LogP contribution in [0.2, 0.25) is 0 Å². The number of fused-ring (bicyclic) bond motifs is 1. The minimum atomic E-state index is 0.209. The van der Waals surface area contributed by atoms with E-state index < -0.39 is 0 Å². The van der Waals surface area contributed by atoms with Crippen molar-refractivity contribution in [3.8, 4) is 5.95 Å². The predicted molar refractivity (Wildman–Crippen MR) is 93.7 cm³/mol. The zero-order chi connectivity index (χ0) is 17.4. The van der Waals surface area contributed by atoms with Crippen molar-refractivity contribution in [1.29, 1.82) is 0 Å². The summed E-state index contributed by atoms with van der Waals surface area (Å²) in [5.41, 5.74) is 3.06. The Labute approximate surface area is 148 Å². The first-order chi connectivity index (χ1) is 12.1. The lowest BCUT2D eigenvalue weighted by Crippen LogP contribution is -2.10. The molecular formula is C16H16N8S. The molecule has 0 amide bonds. The molecule has 4 rings (SSSR count).